The summed E-state index contributed by atoms with van der Waals surface area (Å²) in [5, 5.41) is 11.4. The van der Waals surface area contributed by atoms with Gasteiger partial charge in [-0.3, -0.25) is 4.79 Å². The van der Waals surface area contributed by atoms with Gasteiger partial charge in [0.1, 0.15) is 0 Å². The Morgan fingerprint density at radius 1 is 1.53 bits per heavy atom. The first-order chi connectivity index (χ1) is 8.02. The number of carbonyl (C=O) groups excluding carboxylic acids is 1. The Morgan fingerprint density at radius 3 is 2.65 bits per heavy atom. The molecule has 0 saturated carbocycles. The average Bonchev–Trinajstić information content (AvgIpc) is 2.29. The third-order valence-corrected chi connectivity index (χ3v) is 2.59. The van der Waals surface area contributed by atoms with Crippen molar-refractivity contribution in [1.82, 2.24) is 10.2 Å². The summed E-state index contributed by atoms with van der Waals surface area (Å²) in [6.07, 6.45) is 4.05. The standard InChI is InChI=1S/C12H22N2O3/c1-4-6-7-8-14(3)12(17)13-9-10(5-2)11(15)16/h4,10H,1,5-9H2,2-3H3,(H,13,17)(H,15,16). The first kappa shape index (κ1) is 15.5. The van der Waals surface area contributed by atoms with Crippen LogP contribution in [0.2, 0.25) is 0 Å². The Labute approximate surface area is 102 Å². The molecule has 0 aliphatic carbocycles. The lowest BCUT2D eigenvalue weighted by Crippen LogP contribution is -2.41. The molecule has 98 valence electrons. The minimum Gasteiger partial charge on any atom is -0.481 e. The van der Waals surface area contributed by atoms with Gasteiger partial charge in [0.05, 0.1) is 5.92 Å². The van der Waals surface area contributed by atoms with Crippen molar-refractivity contribution in [2.24, 2.45) is 5.92 Å². The van der Waals surface area contributed by atoms with Crippen LogP contribution in [-0.2, 0) is 4.79 Å². The number of urea groups is 1. The number of carboxylic acids is 1. The second-order valence-electron chi connectivity index (χ2n) is 3.98. The predicted octanol–water partition coefficient (Wildman–Crippen LogP) is 1.70. The Morgan fingerprint density at radius 2 is 2.18 bits per heavy atom. The molecule has 17 heavy (non-hydrogen) atoms. The van der Waals surface area contributed by atoms with Crippen molar-refractivity contribution in [2.45, 2.75) is 26.2 Å². The van der Waals surface area contributed by atoms with E-state index < -0.39 is 11.9 Å². The minimum absolute atomic E-state index is 0.177. The monoisotopic (exact) mass is 242 g/mol. The van der Waals surface area contributed by atoms with Crippen molar-refractivity contribution < 1.29 is 14.7 Å². The molecule has 0 bridgehead atoms. The van der Waals surface area contributed by atoms with Crippen molar-refractivity contribution in [3.8, 4) is 0 Å². The number of amides is 2. The maximum absolute atomic E-state index is 11.6. The number of unbranched alkanes of at least 4 members (excludes halogenated alkanes) is 1. The van der Waals surface area contributed by atoms with Crippen molar-refractivity contribution in [1.29, 1.82) is 0 Å². The molecule has 0 heterocycles. The van der Waals surface area contributed by atoms with Gasteiger partial charge in [-0.25, -0.2) is 4.79 Å². The summed E-state index contributed by atoms with van der Waals surface area (Å²) in [4.78, 5) is 23.9. The molecule has 2 amide bonds. The van der Waals surface area contributed by atoms with E-state index in [1.54, 1.807) is 18.9 Å². The van der Waals surface area contributed by atoms with E-state index >= 15 is 0 Å². The molecule has 0 aromatic rings. The molecule has 0 aliphatic rings. The topological polar surface area (TPSA) is 69.6 Å². The van der Waals surface area contributed by atoms with Crippen LogP contribution in [0.3, 0.4) is 0 Å². The molecule has 0 saturated heterocycles. The molecule has 5 heteroatoms. The highest BCUT2D eigenvalue weighted by Gasteiger charge is 2.16. The Kier molecular flexibility index (Phi) is 7.84. The lowest BCUT2D eigenvalue weighted by Gasteiger charge is -2.19. The van der Waals surface area contributed by atoms with Gasteiger partial charge in [-0.2, -0.15) is 0 Å². The molecule has 0 spiro atoms. The van der Waals surface area contributed by atoms with Crippen LogP contribution in [0.5, 0.6) is 0 Å². The van der Waals surface area contributed by atoms with Crippen molar-refractivity contribution in [3.63, 3.8) is 0 Å². The van der Waals surface area contributed by atoms with Gasteiger partial charge < -0.3 is 15.3 Å². The van der Waals surface area contributed by atoms with Crippen molar-refractivity contribution >= 4 is 12.0 Å². The smallest absolute Gasteiger partial charge is 0.317 e. The predicted molar refractivity (Wildman–Crippen MR) is 66.9 cm³/mol. The highest BCUT2D eigenvalue weighted by atomic mass is 16.4. The van der Waals surface area contributed by atoms with Gasteiger partial charge in [0, 0.05) is 20.1 Å². The quantitative estimate of drug-likeness (QED) is 0.503. The summed E-state index contributed by atoms with van der Waals surface area (Å²) in [5.41, 5.74) is 0. The second kappa shape index (κ2) is 8.61. The van der Waals surface area contributed by atoms with Gasteiger partial charge in [-0.15, -0.1) is 6.58 Å². The summed E-state index contributed by atoms with van der Waals surface area (Å²) in [7, 11) is 1.69. The number of hydrogen-bond acceptors (Lipinski definition) is 2. The van der Waals surface area contributed by atoms with Gasteiger partial charge in [0.15, 0.2) is 0 Å². The largest absolute Gasteiger partial charge is 0.481 e. The zero-order valence-electron chi connectivity index (χ0n) is 10.6. The fourth-order valence-electron chi connectivity index (χ4n) is 1.33. The highest BCUT2D eigenvalue weighted by molar-refractivity contribution is 5.75. The van der Waals surface area contributed by atoms with Crippen LogP contribution in [-0.4, -0.2) is 42.1 Å². The van der Waals surface area contributed by atoms with E-state index in [9.17, 15) is 9.59 Å². The fourth-order valence-corrected chi connectivity index (χ4v) is 1.33. The van der Waals surface area contributed by atoms with Crippen LogP contribution >= 0.6 is 0 Å². The number of nitrogens with one attached hydrogen (secondary N) is 1. The zero-order valence-corrected chi connectivity index (χ0v) is 10.6. The molecule has 0 fully saturated rings. The highest BCUT2D eigenvalue weighted by Crippen LogP contribution is 2.01. The van der Waals surface area contributed by atoms with Crippen molar-refractivity contribution in [3.05, 3.63) is 12.7 Å². The summed E-state index contributed by atoms with van der Waals surface area (Å²) in [5.74, 6) is -1.39. The van der Waals surface area contributed by atoms with Gasteiger partial charge in [0.2, 0.25) is 0 Å². The van der Waals surface area contributed by atoms with Crippen LogP contribution in [0.4, 0.5) is 4.79 Å². The summed E-state index contributed by atoms with van der Waals surface area (Å²) in [6, 6.07) is -0.228. The van der Waals surface area contributed by atoms with E-state index in [-0.39, 0.29) is 12.6 Å². The minimum atomic E-state index is -0.873. The van der Waals surface area contributed by atoms with E-state index in [2.05, 4.69) is 11.9 Å². The van der Waals surface area contributed by atoms with Gasteiger partial charge in [0.25, 0.3) is 0 Å². The van der Waals surface area contributed by atoms with Crippen LogP contribution in [0.15, 0.2) is 12.7 Å². The van der Waals surface area contributed by atoms with E-state index in [1.165, 1.54) is 0 Å². The SMILES string of the molecule is C=CCCCN(C)C(=O)NCC(CC)C(=O)O. The molecule has 5 nitrogen and oxygen atoms in total. The normalized spacial score (nSPS) is 11.6. The number of nitrogens with zero attached hydrogens (tertiary/aromatic N) is 1. The van der Waals surface area contributed by atoms with E-state index in [4.69, 9.17) is 5.11 Å². The number of carbonyl (C=O) groups is 2. The Bertz CT molecular complexity index is 266. The first-order valence-corrected chi connectivity index (χ1v) is 5.85. The molecular formula is C12H22N2O3. The number of rotatable bonds is 8. The lowest BCUT2D eigenvalue weighted by molar-refractivity contribution is -0.141. The Balaban J connectivity index is 3.91. The second-order valence-corrected chi connectivity index (χ2v) is 3.98. The number of hydrogen-bond donors (Lipinski definition) is 2. The van der Waals surface area contributed by atoms with Gasteiger partial charge in [-0.1, -0.05) is 13.0 Å². The lowest BCUT2D eigenvalue weighted by atomic mass is 10.1. The van der Waals surface area contributed by atoms with Crippen LogP contribution < -0.4 is 5.32 Å². The molecule has 0 radical (unpaired) electrons. The Hall–Kier alpha value is -1.52. The third kappa shape index (κ3) is 6.60. The molecule has 1 atom stereocenters. The molecule has 2 N–H and O–H groups in total. The average molecular weight is 242 g/mol. The number of aliphatic carboxylic acids is 1. The van der Waals surface area contributed by atoms with Gasteiger partial charge >= 0.3 is 12.0 Å². The zero-order chi connectivity index (χ0) is 13.3. The summed E-state index contributed by atoms with van der Waals surface area (Å²) >= 11 is 0. The maximum Gasteiger partial charge on any atom is 0.317 e. The summed E-state index contributed by atoms with van der Waals surface area (Å²) in [6.45, 7) is 6.22. The van der Waals surface area contributed by atoms with Gasteiger partial charge in [-0.05, 0) is 19.3 Å². The van der Waals surface area contributed by atoms with Crippen molar-refractivity contribution in [2.75, 3.05) is 20.1 Å². The fraction of sp³-hybridized carbons (Fsp3) is 0.667. The number of allylic oxidation sites excluding steroid dienone is 1. The van der Waals surface area contributed by atoms with E-state index in [0.717, 1.165) is 12.8 Å². The number of carboxylic acid groups (broad SMARTS) is 1. The first-order valence-electron chi connectivity index (χ1n) is 5.85. The molecule has 1 unspecified atom stereocenters. The molecule has 0 aromatic carbocycles. The van der Waals surface area contributed by atoms with Crippen LogP contribution in [0.1, 0.15) is 26.2 Å². The molecule has 0 aromatic heterocycles. The van der Waals surface area contributed by atoms with E-state index in [0.29, 0.717) is 13.0 Å². The van der Waals surface area contributed by atoms with Crippen LogP contribution in [0, 0.1) is 5.92 Å². The molecule has 0 aliphatic heterocycles. The maximum atomic E-state index is 11.6. The molecule has 0 rings (SSSR count). The summed E-state index contributed by atoms with van der Waals surface area (Å²) < 4.78 is 0. The van der Waals surface area contributed by atoms with E-state index in [1.807, 2.05) is 6.08 Å². The molecular weight excluding hydrogens is 220 g/mol. The van der Waals surface area contributed by atoms with Crippen LogP contribution in [0.25, 0.3) is 0 Å². The third-order valence-electron chi connectivity index (χ3n) is 2.59.